The summed E-state index contributed by atoms with van der Waals surface area (Å²) in [6.07, 6.45) is 3.12. The van der Waals surface area contributed by atoms with Crippen molar-refractivity contribution < 1.29 is 14.6 Å². The third kappa shape index (κ3) is 2.44. The van der Waals surface area contributed by atoms with Crippen molar-refractivity contribution in [3.8, 4) is 0 Å². The Hall–Kier alpha value is -0.740. The Morgan fingerprint density at radius 2 is 2.07 bits per heavy atom. The van der Waals surface area contributed by atoms with Gasteiger partial charge in [0.25, 0.3) is 0 Å². The van der Waals surface area contributed by atoms with Gasteiger partial charge in [-0.15, -0.1) is 0 Å². The zero-order valence-corrected chi connectivity index (χ0v) is 9.49. The van der Waals surface area contributed by atoms with Crippen molar-refractivity contribution in [2.75, 3.05) is 26.3 Å². The molecule has 1 aliphatic heterocycles. The zero-order valence-electron chi connectivity index (χ0n) is 9.49. The lowest BCUT2D eigenvalue weighted by molar-refractivity contribution is -0.318. The molecule has 1 fully saturated rings. The maximum absolute atomic E-state index is 11.3. The maximum atomic E-state index is 11.3. The maximum Gasteiger partial charge on any atom is 0.201 e. The molecule has 15 heavy (non-hydrogen) atoms. The first-order valence-electron chi connectivity index (χ1n) is 5.56. The molecule has 0 saturated carbocycles. The average molecular weight is 213 g/mol. The van der Waals surface area contributed by atoms with E-state index in [2.05, 4.69) is 0 Å². The van der Waals surface area contributed by atoms with Crippen molar-refractivity contribution in [3.63, 3.8) is 0 Å². The van der Waals surface area contributed by atoms with E-state index in [-0.39, 0.29) is 0 Å². The number of rotatable bonds is 5. The van der Waals surface area contributed by atoms with Gasteiger partial charge in [0, 0.05) is 19.5 Å². The fraction of sp³-hybridized carbons (Fsp3) is 0.818. The molecule has 0 radical (unpaired) electrons. The highest BCUT2D eigenvalue weighted by Crippen LogP contribution is 2.25. The van der Waals surface area contributed by atoms with E-state index >= 15 is 0 Å². The van der Waals surface area contributed by atoms with E-state index in [0.717, 1.165) is 6.42 Å². The molecule has 1 unspecified atom stereocenters. The molecule has 1 aliphatic rings. The molecule has 0 amide bonds. The third-order valence-corrected chi connectivity index (χ3v) is 3.01. The van der Waals surface area contributed by atoms with Crippen LogP contribution in [0.15, 0.2) is 0 Å². The van der Waals surface area contributed by atoms with E-state index in [0.29, 0.717) is 32.7 Å². The van der Waals surface area contributed by atoms with Gasteiger partial charge in [-0.1, -0.05) is 6.92 Å². The number of morpholine rings is 1. The molecule has 1 atom stereocenters. The number of ether oxygens (including phenoxy) is 1. The van der Waals surface area contributed by atoms with E-state index in [1.54, 1.807) is 0 Å². The lowest BCUT2D eigenvalue weighted by atomic mass is 9.88. The highest BCUT2D eigenvalue weighted by atomic mass is 16.5. The van der Waals surface area contributed by atoms with Gasteiger partial charge >= 0.3 is 0 Å². The summed E-state index contributed by atoms with van der Waals surface area (Å²) in [5.41, 5.74) is -0.904. The van der Waals surface area contributed by atoms with Crippen molar-refractivity contribution in [2.45, 2.75) is 32.2 Å². The second-order valence-electron chi connectivity index (χ2n) is 3.78. The number of nitrogens with zero attached hydrogens (tertiary/aromatic N) is 1. The average Bonchev–Trinajstić information content (AvgIpc) is 2.26. The highest BCUT2D eigenvalue weighted by Gasteiger charge is 2.44. The minimum atomic E-state index is -0.992. The summed E-state index contributed by atoms with van der Waals surface area (Å²) in [6.45, 7) is 6.38. The molecular weight excluding hydrogens is 194 g/mol. The van der Waals surface area contributed by atoms with Crippen LogP contribution in [0.5, 0.6) is 0 Å². The monoisotopic (exact) mass is 213 g/mol. The van der Waals surface area contributed by atoms with Crippen molar-refractivity contribution in [3.05, 3.63) is 6.42 Å². The summed E-state index contributed by atoms with van der Waals surface area (Å²) in [4.78, 5) is 13.3. The minimum Gasteiger partial charge on any atom is -0.544 e. The first-order valence-corrected chi connectivity index (χ1v) is 5.56. The normalized spacial score (nSPS) is 22.0. The van der Waals surface area contributed by atoms with Gasteiger partial charge in [-0.25, -0.2) is 0 Å². The molecular formula is C11H19NO3. The second-order valence-corrected chi connectivity index (χ2v) is 3.78. The molecule has 0 N–H and O–H groups in total. The molecule has 86 valence electrons. The predicted octanol–water partition coefficient (Wildman–Crippen LogP) is -0.168. The Kier molecular flexibility index (Phi) is 4.42. The summed E-state index contributed by atoms with van der Waals surface area (Å²) in [5.74, 6) is -0.992. The molecule has 1 saturated heterocycles. The van der Waals surface area contributed by atoms with Gasteiger partial charge < -0.3 is 14.6 Å². The standard InChI is InChI=1S/C11H19NO3/c1-3-5-11(4-2,10(13)14)12-6-8-15-9-7-12/h5H,3-4,6-9H2,1-2H3. The van der Waals surface area contributed by atoms with Crippen LogP contribution < -0.4 is 5.11 Å². The van der Waals surface area contributed by atoms with Gasteiger partial charge in [-0.05, 0) is 6.92 Å². The molecule has 0 aromatic heterocycles. The number of aliphatic carboxylic acids is 1. The van der Waals surface area contributed by atoms with Crippen LogP contribution in [0, 0.1) is 6.42 Å². The zero-order chi connectivity index (χ0) is 11.3. The van der Waals surface area contributed by atoms with Gasteiger partial charge in [0.15, 0.2) is 0 Å². The van der Waals surface area contributed by atoms with Crippen molar-refractivity contribution >= 4 is 5.97 Å². The highest BCUT2D eigenvalue weighted by molar-refractivity contribution is 5.78. The van der Waals surface area contributed by atoms with E-state index < -0.39 is 11.5 Å². The third-order valence-electron chi connectivity index (χ3n) is 3.01. The first-order chi connectivity index (χ1) is 7.17. The van der Waals surface area contributed by atoms with Crippen LogP contribution in [0.4, 0.5) is 0 Å². The number of carbonyl (C=O) groups excluding carboxylic acids is 1. The number of hydrogen-bond donors (Lipinski definition) is 0. The van der Waals surface area contributed by atoms with Crippen molar-refractivity contribution in [1.29, 1.82) is 0 Å². The molecule has 1 heterocycles. The largest absolute Gasteiger partial charge is 0.544 e. The van der Waals surface area contributed by atoms with Gasteiger partial charge in [0.1, 0.15) is 12.4 Å². The van der Waals surface area contributed by atoms with Crippen LogP contribution in [0.1, 0.15) is 26.7 Å². The van der Waals surface area contributed by atoms with Gasteiger partial charge in [-0.2, -0.15) is 0 Å². The van der Waals surface area contributed by atoms with Crippen LogP contribution in [0.25, 0.3) is 0 Å². The van der Waals surface area contributed by atoms with Crippen LogP contribution in [0.3, 0.4) is 0 Å². The van der Waals surface area contributed by atoms with Crippen LogP contribution >= 0.6 is 0 Å². The number of hydrogen-bond acceptors (Lipinski definition) is 4. The quantitative estimate of drug-likeness (QED) is 0.595. The van der Waals surface area contributed by atoms with Crippen LogP contribution in [-0.4, -0.2) is 42.7 Å². The topological polar surface area (TPSA) is 52.6 Å². The van der Waals surface area contributed by atoms with E-state index in [9.17, 15) is 9.90 Å². The predicted molar refractivity (Wildman–Crippen MR) is 55.0 cm³/mol. The van der Waals surface area contributed by atoms with E-state index in [4.69, 9.17) is 4.74 Å². The summed E-state index contributed by atoms with van der Waals surface area (Å²) < 4.78 is 5.23. The molecule has 0 aliphatic carbocycles. The summed E-state index contributed by atoms with van der Waals surface area (Å²) in [7, 11) is 0. The number of carboxylic acids is 1. The lowest BCUT2D eigenvalue weighted by Gasteiger charge is -2.39. The Balaban J connectivity index is 2.80. The smallest absolute Gasteiger partial charge is 0.201 e. The first kappa shape index (κ1) is 12.3. The summed E-state index contributed by atoms with van der Waals surface area (Å²) >= 11 is 0. The molecule has 1 rings (SSSR count). The molecule has 0 spiro atoms. The van der Waals surface area contributed by atoms with Crippen LogP contribution in [-0.2, 0) is 9.53 Å². The summed E-state index contributed by atoms with van der Waals surface area (Å²) in [5, 5.41) is 11.3. The Bertz CT molecular complexity index is 214. The summed E-state index contributed by atoms with van der Waals surface area (Å²) in [6, 6.07) is 0. The van der Waals surface area contributed by atoms with Crippen molar-refractivity contribution in [2.24, 2.45) is 0 Å². The molecule has 4 heteroatoms. The minimum absolute atomic E-state index is 0.545. The van der Waals surface area contributed by atoms with Gasteiger partial charge in [-0.3, -0.25) is 4.90 Å². The Morgan fingerprint density at radius 3 is 2.47 bits per heavy atom. The van der Waals surface area contributed by atoms with Crippen LogP contribution in [0.2, 0.25) is 0 Å². The molecule has 0 bridgehead atoms. The van der Waals surface area contributed by atoms with Gasteiger partial charge in [0.2, 0.25) is 5.54 Å². The van der Waals surface area contributed by atoms with Gasteiger partial charge in [0.05, 0.1) is 19.6 Å². The Morgan fingerprint density at radius 1 is 1.47 bits per heavy atom. The molecule has 4 nitrogen and oxygen atoms in total. The van der Waals surface area contributed by atoms with Crippen molar-refractivity contribution in [1.82, 2.24) is 4.90 Å². The van der Waals surface area contributed by atoms with E-state index in [1.165, 1.54) is 0 Å². The fourth-order valence-electron chi connectivity index (χ4n) is 2.15. The SMILES string of the molecule is CC[CH+]C(CC)(C(=O)[O-])N1CCOCC1. The number of carboxylic acid groups (broad SMARTS) is 1. The Labute approximate surface area is 91.2 Å². The number of carbonyl (C=O) groups is 1. The lowest BCUT2D eigenvalue weighted by Crippen LogP contribution is -2.62. The molecule has 0 aromatic carbocycles. The van der Waals surface area contributed by atoms with E-state index in [1.807, 2.05) is 25.2 Å². The molecule has 0 aromatic rings. The second kappa shape index (κ2) is 5.37. The fourth-order valence-corrected chi connectivity index (χ4v) is 2.15.